The van der Waals surface area contributed by atoms with Crippen molar-refractivity contribution in [1.29, 1.82) is 0 Å². The van der Waals surface area contributed by atoms with E-state index < -0.39 is 0 Å². The van der Waals surface area contributed by atoms with E-state index >= 15 is 0 Å². The molecule has 0 aliphatic rings. The molecule has 6 nitrogen and oxygen atoms in total. The molecule has 10 heteroatoms. The maximum absolute atomic E-state index is 12.6. The van der Waals surface area contributed by atoms with E-state index in [0.717, 1.165) is 13.6 Å². The fraction of sp³-hybridized carbons (Fsp3) is 0.0870. The topological polar surface area (TPSA) is 76.4 Å². The summed E-state index contributed by atoms with van der Waals surface area (Å²) >= 11 is 14.5. The lowest BCUT2D eigenvalue weighted by Crippen LogP contribution is -2.34. The van der Waals surface area contributed by atoms with Crippen molar-refractivity contribution in [2.45, 2.75) is 6.92 Å². The molecule has 0 saturated carbocycles. The number of nitrogens with zero attached hydrogens (tertiary/aromatic N) is 1. The van der Waals surface area contributed by atoms with Crippen LogP contribution in [0.5, 0.6) is 5.75 Å². The van der Waals surface area contributed by atoms with E-state index in [-0.39, 0.29) is 11.0 Å². The van der Waals surface area contributed by atoms with Gasteiger partial charge < -0.3 is 14.5 Å². The molecule has 33 heavy (non-hydrogen) atoms. The molecule has 0 aliphatic heterocycles. The molecule has 0 atom stereocenters. The molecular weight excluding hydrogens is 685 g/mol. The number of fused-ring (bicyclic) bond motifs is 1. The average molecular weight is 701 g/mol. The molecule has 1 amide bonds. The van der Waals surface area contributed by atoms with Gasteiger partial charge in [0.25, 0.3) is 5.91 Å². The fourth-order valence-electron chi connectivity index (χ4n) is 3.03. The van der Waals surface area contributed by atoms with Crippen LogP contribution in [-0.2, 0) is 0 Å². The van der Waals surface area contributed by atoms with E-state index in [1.54, 1.807) is 18.2 Å². The van der Waals surface area contributed by atoms with Gasteiger partial charge >= 0.3 is 0 Å². The maximum Gasteiger partial charge on any atom is 0.257 e. The summed E-state index contributed by atoms with van der Waals surface area (Å²) in [7, 11) is 0. The summed E-state index contributed by atoms with van der Waals surface area (Å²) in [6, 6.07) is 16.5. The number of oxazole rings is 1. The quantitative estimate of drug-likeness (QED) is 0.170. The van der Waals surface area contributed by atoms with Crippen LogP contribution in [0.1, 0.15) is 17.3 Å². The third-order valence-electron chi connectivity index (χ3n) is 4.53. The van der Waals surface area contributed by atoms with Crippen LogP contribution in [0, 0.1) is 3.57 Å². The van der Waals surface area contributed by atoms with Gasteiger partial charge in [-0.3, -0.25) is 10.1 Å². The van der Waals surface area contributed by atoms with E-state index in [1.807, 2.05) is 43.3 Å². The zero-order valence-electron chi connectivity index (χ0n) is 17.1. The smallest absolute Gasteiger partial charge is 0.257 e. The highest BCUT2D eigenvalue weighted by Crippen LogP contribution is 2.32. The Hall–Kier alpha value is -2.02. The number of thiocarbonyl (C=S) groups is 1. The SMILES string of the molecule is CCOc1ccc(C(=O)NC(=S)Nc2ccc3oc(-c4cc(I)ccc4Br)nc3c2)cc1Br. The van der Waals surface area contributed by atoms with Gasteiger partial charge in [0.05, 0.1) is 16.6 Å². The molecule has 168 valence electrons. The Labute approximate surface area is 225 Å². The molecule has 3 aromatic carbocycles. The van der Waals surface area contributed by atoms with Gasteiger partial charge in [-0.15, -0.1) is 0 Å². The molecule has 0 aliphatic carbocycles. The number of halogens is 3. The molecule has 4 rings (SSSR count). The van der Waals surface area contributed by atoms with Crippen LogP contribution in [0.3, 0.4) is 0 Å². The van der Waals surface area contributed by atoms with Crippen molar-refractivity contribution in [3.8, 4) is 17.2 Å². The highest BCUT2D eigenvalue weighted by molar-refractivity contribution is 14.1. The van der Waals surface area contributed by atoms with Gasteiger partial charge in [-0.2, -0.15) is 0 Å². The van der Waals surface area contributed by atoms with Gasteiger partial charge in [0, 0.05) is 19.3 Å². The molecule has 2 N–H and O–H groups in total. The Balaban J connectivity index is 1.47. The fourth-order valence-corrected chi connectivity index (χ4v) is 4.65. The molecule has 0 spiro atoms. The van der Waals surface area contributed by atoms with Crippen molar-refractivity contribution in [2.75, 3.05) is 11.9 Å². The van der Waals surface area contributed by atoms with Crippen LogP contribution in [0.4, 0.5) is 5.69 Å². The molecule has 0 saturated heterocycles. The Morgan fingerprint density at radius 2 is 1.94 bits per heavy atom. The van der Waals surface area contributed by atoms with Gasteiger partial charge in [-0.25, -0.2) is 4.98 Å². The molecule has 1 aromatic heterocycles. The first-order chi connectivity index (χ1) is 15.8. The van der Waals surface area contributed by atoms with Crippen molar-refractivity contribution in [3.05, 3.63) is 72.7 Å². The number of hydrogen-bond donors (Lipinski definition) is 2. The number of aromatic nitrogens is 1. The van der Waals surface area contributed by atoms with E-state index in [2.05, 4.69) is 70.1 Å². The predicted molar refractivity (Wildman–Crippen MR) is 149 cm³/mol. The first-order valence-electron chi connectivity index (χ1n) is 9.74. The van der Waals surface area contributed by atoms with Crippen LogP contribution >= 0.6 is 66.7 Å². The van der Waals surface area contributed by atoms with Gasteiger partial charge in [0.15, 0.2) is 10.7 Å². The lowest BCUT2D eigenvalue weighted by molar-refractivity contribution is 0.0977. The monoisotopic (exact) mass is 699 g/mol. The van der Waals surface area contributed by atoms with Crippen LogP contribution in [0.15, 0.2) is 68.0 Å². The second kappa shape index (κ2) is 10.5. The second-order valence-electron chi connectivity index (χ2n) is 6.81. The maximum atomic E-state index is 12.6. The number of amides is 1. The molecule has 0 bridgehead atoms. The first-order valence-corrected chi connectivity index (χ1v) is 12.8. The summed E-state index contributed by atoms with van der Waals surface area (Å²) < 4.78 is 14.1. The van der Waals surface area contributed by atoms with E-state index in [0.29, 0.717) is 45.1 Å². The molecule has 4 aromatic rings. The largest absolute Gasteiger partial charge is 0.493 e. The Morgan fingerprint density at radius 1 is 1.12 bits per heavy atom. The first kappa shape index (κ1) is 24.1. The third kappa shape index (κ3) is 5.73. The molecule has 0 radical (unpaired) electrons. The number of carbonyl (C=O) groups excluding carboxylic acids is 1. The minimum absolute atomic E-state index is 0.174. The molecule has 0 fully saturated rings. The van der Waals surface area contributed by atoms with Gasteiger partial charge in [0.1, 0.15) is 11.3 Å². The van der Waals surface area contributed by atoms with Gasteiger partial charge in [0.2, 0.25) is 5.89 Å². The number of benzene rings is 3. The van der Waals surface area contributed by atoms with Crippen molar-refractivity contribution < 1.29 is 13.9 Å². The Bertz CT molecular complexity index is 1380. The Morgan fingerprint density at radius 3 is 2.70 bits per heavy atom. The zero-order valence-corrected chi connectivity index (χ0v) is 23.3. The van der Waals surface area contributed by atoms with Crippen molar-refractivity contribution >= 4 is 94.5 Å². The van der Waals surface area contributed by atoms with E-state index in [4.69, 9.17) is 21.4 Å². The van der Waals surface area contributed by atoms with E-state index in [9.17, 15) is 4.79 Å². The standard InChI is InChI=1S/C23H16Br2IN3O3S/c1-2-31-19-7-3-12(9-17(19)25)21(30)29-23(33)27-14-5-8-20-18(11-14)28-22(32-20)15-10-13(26)4-6-16(15)24/h3-11H,2H2,1H3,(H2,27,29,30,33). The molecular formula is C23H16Br2IN3O3S. The average Bonchev–Trinajstić information content (AvgIpc) is 3.20. The predicted octanol–water partition coefficient (Wildman–Crippen LogP) is 7.15. The third-order valence-corrected chi connectivity index (χ3v) is 6.71. The zero-order chi connectivity index (χ0) is 23.5. The van der Waals surface area contributed by atoms with Crippen molar-refractivity contribution in [2.24, 2.45) is 0 Å². The van der Waals surface area contributed by atoms with Crippen LogP contribution in [0.2, 0.25) is 0 Å². The summed E-state index contributed by atoms with van der Waals surface area (Å²) in [5, 5.41) is 5.88. The van der Waals surface area contributed by atoms with Crippen molar-refractivity contribution in [1.82, 2.24) is 10.3 Å². The number of nitrogens with one attached hydrogen (secondary N) is 2. The van der Waals surface area contributed by atoms with Crippen LogP contribution in [0.25, 0.3) is 22.6 Å². The lowest BCUT2D eigenvalue weighted by atomic mass is 10.2. The highest BCUT2D eigenvalue weighted by Gasteiger charge is 2.14. The number of anilines is 1. The molecule has 0 unspecified atom stereocenters. The summed E-state index contributed by atoms with van der Waals surface area (Å²) in [6.45, 7) is 2.44. The Kier molecular flexibility index (Phi) is 7.67. The number of rotatable bonds is 5. The number of carbonyl (C=O) groups is 1. The molecule has 1 heterocycles. The minimum atomic E-state index is -0.329. The highest BCUT2D eigenvalue weighted by atomic mass is 127. The number of hydrogen-bond acceptors (Lipinski definition) is 5. The van der Waals surface area contributed by atoms with Crippen molar-refractivity contribution in [3.63, 3.8) is 0 Å². The summed E-state index contributed by atoms with van der Waals surface area (Å²) in [5.41, 5.74) is 3.33. The van der Waals surface area contributed by atoms with Crippen LogP contribution in [-0.4, -0.2) is 22.6 Å². The van der Waals surface area contributed by atoms with Crippen LogP contribution < -0.4 is 15.4 Å². The number of ether oxygens (including phenoxy) is 1. The van der Waals surface area contributed by atoms with Gasteiger partial charge in [-0.1, -0.05) is 0 Å². The summed E-state index contributed by atoms with van der Waals surface area (Å²) in [5.74, 6) is 0.862. The normalized spacial score (nSPS) is 10.8. The minimum Gasteiger partial charge on any atom is -0.493 e. The lowest BCUT2D eigenvalue weighted by Gasteiger charge is -2.11. The summed E-state index contributed by atoms with van der Waals surface area (Å²) in [6.07, 6.45) is 0. The van der Waals surface area contributed by atoms with Gasteiger partial charge in [-0.05, 0) is 128 Å². The second-order valence-corrected chi connectivity index (χ2v) is 10.2. The summed E-state index contributed by atoms with van der Waals surface area (Å²) in [4.78, 5) is 17.2. The van der Waals surface area contributed by atoms with E-state index in [1.165, 1.54) is 0 Å².